The van der Waals surface area contributed by atoms with E-state index < -0.39 is 0 Å². The molecule has 0 aliphatic carbocycles. The summed E-state index contributed by atoms with van der Waals surface area (Å²) in [6.45, 7) is 4.47. The van der Waals surface area contributed by atoms with E-state index in [1.54, 1.807) is 7.11 Å². The molecule has 0 aromatic heterocycles. The van der Waals surface area contributed by atoms with Crippen molar-refractivity contribution in [3.05, 3.63) is 29.8 Å². The number of hydrogen-bond donors (Lipinski definition) is 1. The molecule has 0 amide bonds. The molecular weight excluding hydrogens is 234 g/mol. The smallest absolute Gasteiger partial charge is 0.118 e. The Kier molecular flexibility index (Phi) is 7.57. The Balaban J connectivity index is 2.54. The number of rotatable bonds is 9. The number of benzene rings is 1. The molecule has 2 N–H and O–H groups in total. The van der Waals surface area contributed by atoms with Gasteiger partial charge in [-0.3, -0.25) is 0 Å². The molecule has 0 heterocycles. The zero-order valence-electron chi connectivity index (χ0n) is 12.7. The summed E-state index contributed by atoms with van der Waals surface area (Å²) in [4.78, 5) is 0. The molecule has 1 aromatic rings. The Morgan fingerprint density at radius 1 is 1.05 bits per heavy atom. The monoisotopic (exact) mass is 263 g/mol. The normalized spacial score (nSPS) is 14.1. The molecule has 0 saturated carbocycles. The number of nitrogens with two attached hydrogens (primary N) is 1. The first kappa shape index (κ1) is 16.0. The first-order chi connectivity index (χ1) is 9.22. The topological polar surface area (TPSA) is 35.2 Å². The van der Waals surface area contributed by atoms with Crippen LogP contribution in [0.15, 0.2) is 24.3 Å². The summed E-state index contributed by atoms with van der Waals surface area (Å²) in [5.41, 5.74) is 7.72. The third-order valence-corrected chi connectivity index (χ3v) is 3.89. The lowest BCUT2D eigenvalue weighted by Crippen LogP contribution is -2.28. The van der Waals surface area contributed by atoms with Crippen molar-refractivity contribution in [2.75, 3.05) is 7.11 Å². The van der Waals surface area contributed by atoms with E-state index in [1.165, 1.54) is 31.2 Å². The minimum Gasteiger partial charge on any atom is -0.497 e. The summed E-state index contributed by atoms with van der Waals surface area (Å²) in [6.07, 6.45) is 7.40. The summed E-state index contributed by atoms with van der Waals surface area (Å²) in [5.74, 6) is 1.38. The predicted molar refractivity (Wildman–Crippen MR) is 82.8 cm³/mol. The molecule has 0 fully saturated rings. The van der Waals surface area contributed by atoms with Gasteiger partial charge >= 0.3 is 0 Å². The van der Waals surface area contributed by atoms with E-state index in [1.807, 2.05) is 12.1 Å². The van der Waals surface area contributed by atoms with Crippen LogP contribution < -0.4 is 10.5 Å². The first-order valence-corrected chi connectivity index (χ1v) is 7.62. The van der Waals surface area contributed by atoms with Gasteiger partial charge in [0.1, 0.15) is 5.75 Å². The van der Waals surface area contributed by atoms with Crippen molar-refractivity contribution in [2.45, 2.75) is 64.3 Å². The highest BCUT2D eigenvalue weighted by Gasteiger charge is 2.17. The lowest BCUT2D eigenvalue weighted by molar-refractivity contribution is 0.413. The van der Waals surface area contributed by atoms with Gasteiger partial charge in [0, 0.05) is 6.04 Å². The molecule has 0 spiro atoms. The predicted octanol–water partition coefficient (Wildman–Crippen LogP) is 4.49. The zero-order chi connectivity index (χ0) is 14.1. The van der Waals surface area contributed by atoms with Gasteiger partial charge in [-0.1, -0.05) is 51.7 Å². The van der Waals surface area contributed by atoms with Gasteiger partial charge in [0.25, 0.3) is 0 Å². The Bertz CT molecular complexity index is 334. The van der Waals surface area contributed by atoms with E-state index in [-0.39, 0.29) is 6.04 Å². The van der Waals surface area contributed by atoms with Gasteiger partial charge < -0.3 is 10.5 Å². The second kappa shape index (κ2) is 8.98. The van der Waals surface area contributed by atoms with Crippen molar-refractivity contribution in [3.63, 3.8) is 0 Å². The van der Waals surface area contributed by atoms with E-state index in [2.05, 4.69) is 26.0 Å². The van der Waals surface area contributed by atoms with E-state index in [4.69, 9.17) is 10.5 Å². The van der Waals surface area contributed by atoms with Crippen LogP contribution >= 0.6 is 0 Å². The molecule has 2 atom stereocenters. The maximum absolute atomic E-state index is 6.38. The maximum atomic E-state index is 6.38. The minimum absolute atomic E-state index is 0.273. The summed E-state index contributed by atoms with van der Waals surface area (Å²) in [6, 6.07) is 8.64. The minimum atomic E-state index is 0.273. The highest BCUT2D eigenvalue weighted by molar-refractivity contribution is 5.30. The Hall–Kier alpha value is -1.02. The largest absolute Gasteiger partial charge is 0.497 e. The molecule has 1 rings (SSSR count). The van der Waals surface area contributed by atoms with Crippen LogP contribution in [0, 0.1) is 0 Å². The van der Waals surface area contributed by atoms with E-state index in [0.717, 1.165) is 18.6 Å². The van der Waals surface area contributed by atoms with Crippen LogP contribution in [-0.4, -0.2) is 13.2 Å². The highest BCUT2D eigenvalue weighted by atomic mass is 16.5. The van der Waals surface area contributed by atoms with Crippen LogP contribution in [0.1, 0.15) is 63.9 Å². The number of methoxy groups -OCH3 is 1. The van der Waals surface area contributed by atoms with Crippen LogP contribution in [0.25, 0.3) is 0 Å². The summed E-state index contributed by atoms with van der Waals surface area (Å²) < 4.78 is 5.20. The maximum Gasteiger partial charge on any atom is 0.118 e. The van der Waals surface area contributed by atoms with E-state index in [9.17, 15) is 0 Å². The van der Waals surface area contributed by atoms with Gasteiger partial charge in [0.2, 0.25) is 0 Å². The van der Waals surface area contributed by atoms with Crippen LogP contribution in [0.5, 0.6) is 5.75 Å². The average Bonchev–Trinajstić information content (AvgIpc) is 2.45. The molecule has 108 valence electrons. The molecule has 0 saturated heterocycles. The van der Waals surface area contributed by atoms with Crippen LogP contribution in [0.3, 0.4) is 0 Å². The van der Waals surface area contributed by atoms with Crippen molar-refractivity contribution >= 4 is 0 Å². The summed E-state index contributed by atoms with van der Waals surface area (Å²) in [5, 5.41) is 0. The third-order valence-electron chi connectivity index (χ3n) is 3.89. The second-order valence-corrected chi connectivity index (χ2v) is 5.30. The molecule has 2 heteroatoms. The number of hydrogen-bond acceptors (Lipinski definition) is 2. The number of ether oxygens (including phenoxy) is 1. The molecule has 0 bridgehead atoms. The molecule has 0 aliphatic heterocycles. The third kappa shape index (κ3) is 5.23. The Labute approximate surface area is 118 Å². The summed E-state index contributed by atoms with van der Waals surface area (Å²) >= 11 is 0. The lowest BCUT2D eigenvalue weighted by atomic mass is 9.87. The highest BCUT2D eigenvalue weighted by Crippen LogP contribution is 2.26. The van der Waals surface area contributed by atoms with Crippen LogP contribution in [-0.2, 0) is 0 Å². The van der Waals surface area contributed by atoms with E-state index in [0.29, 0.717) is 5.92 Å². The van der Waals surface area contributed by atoms with E-state index >= 15 is 0 Å². The molecule has 2 nitrogen and oxygen atoms in total. The Morgan fingerprint density at radius 3 is 2.26 bits per heavy atom. The molecule has 0 radical (unpaired) electrons. The standard InChI is InChI=1S/C17H29NO/c1-4-6-7-8-9-17(18)16(5-2)14-10-12-15(19-3)13-11-14/h10-13,16-17H,4-9,18H2,1-3H3. The van der Waals surface area contributed by atoms with Crippen LogP contribution in [0.4, 0.5) is 0 Å². The van der Waals surface area contributed by atoms with Gasteiger partial charge in [0.15, 0.2) is 0 Å². The molecule has 1 aromatic carbocycles. The van der Waals surface area contributed by atoms with Gasteiger partial charge in [0.05, 0.1) is 7.11 Å². The fraction of sp³-hybridized carbons (Fsp3) is 0.647. The fourth-order valence-corrected chi connectivity index (χ4v) is 2.64. The Morgan fingerprint density at radius 2 is 1.74 bits per heavy atom. The zero-order valence-corrected chi connectivity index (χ0v) is 12.7. The van der Waals surface area contributed by atoms with Crippen molar-refractivity contribution in [1.82, 2.24) is 0 Å². The molecule has 2 unspecified atom stereocenters. The summed E-state index contributed by atoms with van der Waals surface area (Å²) in [7, 11) is 1.70. The fourth-order valence-electron chi connectivity index (χ4n) is 2.64. The SMILES string of the molecule is CCCCCCC(N)C(CC)c1ccc(OC)cc1. The molecule has 19 heavy (non-hydrogen) atoms. The molecular formula is C17H29NO. The van der Waals surface area contributed by atoms with Gasteiger partial charge in [-0.25, -0.2) is 0 Å². The lowest BCUT2D eigenvalue weighted by Gasteiger charge is -2.23. The quantitative estimate of drug-likeness (QED) is 0.666. The molecule has 0 aliphatic rings. The van der Waals surface area contributed by atoms with Gasteiger partial charge in [-0.15, -0.1) is 0 Å². The van der Waals surface area contributed by atoms with Gasteiger partial charge in [-0.2, -0.15) is 0 Å². The van der Waals surface area contributed by atoms with Gasteiger partial charge in [-0.05, 0) is 36.5 Å². The van der Waals surface area contributed by atoms with Crippen molar-refractivity contribution < 1.29 is 4.74 Å². The van der Waals surface area contributed by atoms with Crippen molar-refractivity contribution in [3.8, 4) is 5.75 Å². The first-order valence-electron chi connectivity index (χ1n) is 7.62. The van der Waals surface area contributed by atoms with Crippen molar-refractivity contribution in [1.29, 1.82) is 0 Å². The average molecular weight is 263 g/mol. The van der Waals surface area contributed by atoms with Crippen molar-refractivity contribution in [2.24, 2.45) is 5.73 Å². The van der Waals surface area contributed by atoms with Crippen LogP contribution in [0.2, 0.25) is 0 Å². The number of unbranched alkanes of at least 4 members (excludes halogenated alkanes) is 3. The second-order valence-electron chi connectivity index (χ2n) is 5.30.